The Hall–Kier alpha value is -1.70. The second-order valence-electron chi connectivity index (χ2n) is 6.87. The molecule has 0 aliphatic heterocycles. The quantitative estimate of drug-likeness (QED) is 0.723. The van der Waals surface area contributed by atoms with Crippen LogP contribution in [0.15, 0.2) is 29.2 Å². The Kier molecular flexibility index (Phi) is 6.11. The molecule has 1 aromatic heterocycles. The minimum absolute atomic E-state index is 0.00723. The molecule has 1 heterocycles. The van der Waals surface area contributed by atoms with E-state index in [1.807, 2.05) is 12.1 Å². The van der Waals surface area contributed by atoms with Gasteiger partial charge in [-0.25, -0.2) is 8.42 Å². The topological polar surface area (TPSA) is 92.3 Å². The molecule has 3 rings (SSSR count). The summed E-state index contributed by atoms with van der Waals surface area (Å²) < 4.78 is 28.9. The maximum Gasteiger partial charge on any atom is 0.175 e. The van der Waals surface area contributed by atoms with Crippen LogP contribution < -0.4 is 0 Å². The van der Waals surface area contributed by atoms with Crippen molar-refractivity contribution >= 4 is 9.84 Å². The Morgan fingerprint density at radius 1 is 1.19 bits per heavy atom. The van der Waals surface area contributed by atoms with Crippen LogP contribution >= 0.6 is 0 Å². The number of benzene rings is 1. The molecule has 0 radical (unpaired) electrons. The van der Waals surface area contributed by atoms with Crippen LogP contribution in [0.25, 0.3) is 11.3 Å². The molecule has 1 aliphatic carbocycles. The number of nitrogens with zero attached hydrogens (tertiary/aromatic N) is 1. The fourth-order valence-corrected chi connectivity index (χ4v) is 4.28. The molecule has 0 unspecified atom stereocenters. The highest BCUT2D eigenvalue weighted by atomic mass is 32.2. The maximum absolute atomic E-state index is 11.7. The number of rotatable bonds is 7. The molecule has 1 saturated carbocycles. The first-order chi connectivity index (χ1) is 12.5. The van der Waals surface area contributed by atoms with Gasteiger partial charge in [0, 0.05) is 17.4 Å². The molecule has 0 saturated heterocycles. The van der Waals surface area contributed by atoms with Gasteiger partial charge < -0.3 is 9.84 Å². The Morgan fingerprint density at radius 3 is 2.50 bits per heavy atom. The first-order valence-corrected chi connectivity index (χ1v) is 11.0. The number of hydrogen-bond acceptors (Lipinski definition) is 5. The minimum Gasteiger partial charge on any atom is -0.394 e. The molecule has 0 bridgehead atoms. The summed E-state index contributed by atoms with van der Waals surface area (Å²) in [6, 6.07) is 6.90. The first kappa shape index (κ1) is 19.1. The molecule has 1 aromatic carbocycles. The third-order valence-electron chi connectivity index (χ3n) is 4.93. The van der Waals surface area contributed by atoms with Crippen molar-refractivity contribution in [1.29, 1.82) is 0 Å². The Bertz CT molecular complexity index is 822. The van der Waals surface area contributed by atoms with E-state index in [4.69, 9.17) is 9.84 Å². The van der Waals surface area contributed by atoms with Crippen LogP contribution in [0.4, 0.5) is 0 Å². The zero-order valence-corrected chi connectivity index (χ0v) is 15.9. The summed E-state index contributed by atoms with van der Waals surface area (Å²) in [5.74, 6) is 0.430. The number of aromatic nitrogens is 2. The van der Waals surface area contributed by atoms with Gasteiger partial charge in [0.2, 0.25) is 0 Å². The predicted octanol–water partition coefficient (Wildman–Crippen LogP) is 3.04. The molecule has 2 aromatic rings. The van der Waals surface area contributed by atoms with Crippen molar-refractivity contribution in [3.63, 3.8) is 0 Å². The molecular weight excluding hydrogens is 352 g/mol. The molecule has 26 heavy (non-hydrogen) atoms. The van der Waals surface area contributed by atoms with Gasteiger partial charge in [-0.2, -0.15) is 5.10 Å². The first-order valence-electron chi connectivity index (χ1n) is 9.07. The third-order valence-corrected chi connectivity index (χ3v) is 6.06. The van der Waals surface area contributed by atoms with E-state index < -0.39 is 9.84 Å². The summed E-state index contributed by atoms with van der Waals surface area (Å²) in [7, 11) is -3.21. The van der Waals surface area contributed by atoms with Crippen molar-refractivity contribution in [2.45, 2.75) is 49.5 Å². The zero-order chi connectivity index (χ0) is 18.6. The van der Waals surface area contributed by atoms with E-state index in [1.165, 1.54) is 31.1 Å². The molecule has 2 N–H and O–H groups in total. The number of aliphatic hydroxyl groups is 1. The van der Waals surface area contributed by atoms with E-state index in [9.17, 15) is 8.42 Å². The van der Waals surface area contributed by atoms with E-state index >= 15 is 0 Å². The van der Waals surface area contributed by atoms with Gasteiger partial charge in [0.25, 0.3) is 0 Å². The SMILES string of the molecule is CS(=O)(=O)c1ccc(-c2n[nH]c(COCCO)c2C2CCCCC2)cc1. The van der Waals surface area contributed by atoms with Gasteiger partial charge in [0.1, 0.15) is 0 Å². The number of H-pyrrole nitrogens is 1. The molecule has 1 aliphatic rings. The summed E-state index contributed by atoms with van der Waals surface area (Å²) in [6.45, 7) is 0.676. The standard InChI is InChI=1S/C19H26N2O4S/c1-26(23,24)16-9-7-15(8-10-16)19-18(14-5-3-2-4-6-14)17(20-21-19)13-25-12-11-22/h7-10,14,22H,2-6,11-13H2,1H3,(H,20,21). The van der Waals surface area contributed by atoms with E-state index in [1.54, 1.807) is 12.1 Å². The highest BCUT2D eigenvalue weighted by molar-refractivity contribution is 7.90. The average molecular weight is 378 g/mol. The lowest BCUT2D eigenvalue weighted by molar-refractivity contribution is 0.0790. The van der Waals surface area contributed by atoms with Gasteiger partial charge in [-0.05, 0) is 30.9 Å². The lowest BCUT2D eigenvalue weighted by atomic mass is 9.82. The van der Waals surface area contributed by atoms with Crippen LogP contribution in [0.5, 0.6) is 0 Å². The van der Waals surface area contributed by atoms with Crippen LogP contribution in [-0.2, 0) is 21.2 Å². The minimum atomic E-state index is -3.21. The van der Waals surface area contributed by atoms with Gasteiger partial charge in [-0.15, -0.1) is 0 Å². The van der Waals surface area contributed by atoms with E-state index in [0.29, 0.717) is 24.0 Å². The average Bonchev–Trinajstić information content (AvgIpc) is 3.06. The lowest BCUT2D eigenvalue weighted by Crippen LogP contribution is -2.09. The molecular formula is C19H26N2O4S. The zero-order valence-electron chi connectivity index (χ0n) is 15.1. The lowest BCUT2D eigenvalue weighted by Gasteiger charge is -2.23. The summed E-state index contributed by atoms with van der Waals surface area (Å²) in [6.07, 6.45) is 7.14. The van der Waals surface area contributed by atoms with Crippen LogP contribution in [0.3, 0.4) is 0 Å². The second-order valence-corrected chi connectivity index (χ2v) is 8.89. The number of aromatic amines is 1. The Labute approximate surface area is 154 Å². The van der Waals surface area contributed by atoms with Crippen molar-refractivity contribution in [2.24, 2.45) is 0 Å². The highest BCUT2D eigenvalue weighted by Crippen LogP contribution is 2.39. The van der Waals surface area contributed by atoms with Crippen LogP contribution in [0, 0.1) is 0 Å². The van der Waals surface area contributed by atoms with E-state index in [0.717, 1.165) is 29.8 Å². The number of sulfone groups is 1. The van der Waals surface area contributed by atoms with Crippen LogP contribution in [0.2, 0.25) is 0 Å². The summed E-state index contributed by atoms with van der Waals surface area (Å²) in [4.78, 5) is 0.308. The fourth-order valence-electron chi connectivity index (χ4n) is 3.65. The van der Waals surface area contributed by atoms with E-state index in [2.05, 4.69) is 10.2 Å². The molecule has 7 heteroatoms. The normalized spacial score (nSPS) is 16.1. The molecule has 1 fully saturated rings. The number of hydrogen-bond donors (Lipinski definition) is 2. The molecule has 142 valence electrons. The van der Waals surface area contributed by atoms with Crippen molar-refractivity contribution < 1.29 is 18.3 Å². The monoisotopic (exact) mass is 378 g/mol. The van der Waals surface area contributed by atoms with Crippen molar-refractivity contribution in [2.75, 3.05) is 19.5 Å². The van der Waals surface area contributed by atoms with Crippen molar-refractivity contribution in [3.05, 3.63) is 35.5 Å². The summed E-state index contributed by atoms with van der Waals surface area (Å²) in [5.41, 5.74) is 3.91. The predicted molar refractivity (Wildman–Crippen MR) is 99.7 cm³/mol. The van der Waals surface area contributed by atoms with Crippen molar-refractivity contribution in [3.8, 4) is 11.3 Å². The van der Waals surface area contributed by atoms with Crippen LogP contribution in [-0.4, -0.2) is 43.2 Å². The van der Waals surface area contributed by atoms with Gasteiger partial charge in [-0.1, -0.05) is 31.4 Å². The largest absolute Gasteiger partial charge is 0.394 e. The smallest absolute Gasteiger partial charge is 0.175 e. The third kappa shape index (κ3) is 4.34. The fraction of sp³-hybridized carbons (Fsp3) is 0.526. The van der Waals surface area contributed by atoms with Gasteiger partial charge in [0.15, 0.2) is 9.84 Å². The van der Waals surface area contributed by atoms with Gasteiger partial charge in [0.05, 0.1) is 36.1 Å². The number of ether oxygens (including phenoxy) is 1. The Balaban J connectivity index is 1.95. The molecule has 0 amide bonds. The number of nitrogens with one attached hydrogen (secondary N) is 1. The molecule has 0 atom stereocenters. The molecule has 6 nitrogen and oxygen atoms in total. The molecule has 0 spiro atoms. The summed E-state index contributed by atoms with van der Waals surface area (Å²) >= 11 is 0. The van der Waals surface area contributed by atoms with E-state index in [-0.39, 0.29) is 6.61 Å². The van der Waals surface area contributed by atoms with Crippen molar-refractivity contribution in [1.82, 2.24) is 10.2 Å². The number of aliphatic hydroxyl groups excluding tert-OH is 1. The second kappa shape index (κ2) is 8.33. The Morgan fingerprint density at radius 2 is 1.88 bits per heavy atom. The van der Waals surface area contributed by atoms with Gasteiger partial charge in [-0.3, -0.25) is 5.10 Å². The highest BCUT2D eigenvalue weighted by Gasteiger charge is 2.25. The van der Waals surface area contributed by atoms with Crippen LogP contribution in [0.1, 0.15) is 49.3 Å². The summed E-state index contributed by atoms with van der Waals surface area (Å²) in [5, 5.41) is 16.6. The van der Waals surface area contributed by atoms with Gasteiger partial charge >= 0.3 is 0 Å². The maximum atomic E-state index is 11.7.